The van der Waals surface area contributed by atoms with E-state index in [-0.39, 0.29) is 17.9 Å². The maximum Gasteiger partial charge on any atom is 0.407 e. The second-order valence-corrected chi connectivity index (χ2v) is 4.41. The van der Waals surface area contributed by atoms with Crippen LogP contribution in [0.15, 0.2) is 24.3 Å². The average Bonchev–Trinajstić information content (AvgIpc) is 2.32. The number of amides is 1. The number of carbonyl (C=O) groups is 1. The molecule has 1 amide bonds. The summed E-state index contributed by atoms with van der Waals surface area (Å²) in [5.41, 5.74) is 1.06. The molecule has 0 aliphatic rings. The first-order valence-corrected chi connectivity index (χ1v) is 6.33. The highest BCUT2D eigenvalue weighted by Crippen LogP contribution is 2.11. The van der Waals surface area contributed by atoms with Gasteiger partial charge in [0.1, 0.15) is 5.75 Å². The first-order chi connectivity index (χ1) is 8.61. The number of phenolic OH excluding ortho intramolecular Hbond substituents is 1. The number of rotatable bonds is 6. The number of nitrogens with one attached hydrogen (secondary N) is 1. The van der Waals surface area contributed by atoms with E-state index in [4.69, 9.17) is 9.84 Å². The molecule has 0 bridgehead atoms. The van der Waals surface area contributed by atoms with Gasteiger partial charge in [-0.2, -0.15) is 0 Å². The van der Waals surface area contributed by atoms with Crippen LogP contribution in [0.4, 0.5) is 4.79 Å². The number of benzene rings is 1. The smallest absolute Gasteiger partial charge is 0.407 e. The summed E-state index contributed by atoms with van der Waals surface area (Å²) in [4.78, 5) is 11.4. The minimum atomic E-state index is -0.366. The van der Waals surface area contributed by atoms with Gasteiger partial charge in [0.05, 0.1) is 6.61 Å². The zero-order chi connectivity index (χ0) is 13.4. The van der Waals surface area contributed by atoms with Crippen LogP contribution in [0.25, 0.3) is 0 Å². The van der Waals surface area contributed by atoms with Crippen LogP contribution < -0.4 is 5.32 Å². The highest BCUT2D eigenvalue weighted by atomic mass is 16.5. The molecular weight excluding hydrogens is 230 g/mol. The molecule has 18 heavy (non-hydrogen) atoms. The minimum absolute atomic E-state index is 0.00340. The molecule has 1 atom stereocenters. The summed E-state index contributed by atoms with van der Waals surface area (Å²) in [6, 6.07) is 6.97. The van der Waals surface area contributed by atoms with E-state index in [9.17, 15) is 4.79 Å². The van der Waals surface area contributed by atoms with Crippen LogP contribution >= 0.6 is 0 Å². The molecule has 0 saturated heterocycles. The van der Waals surface area contributed by atoms with Crippen molar-refractivity contribution in [1.82, 2.24) is 5.32 Å². The standard InChI is InChI=1S/C14H21NO3/c1-3-4-9-18-14(17)15-11(2)10-12-5-7-13(16)8-6-12/h5-8,11,16H,3-4,9-10H2,1-2H3,(H,15,17). The SMILES string of the molecule is CCCCOC(=O)NC(C)Cc1ccc(O)cc1. The molecule has 100 valence electrons. The maximum atomic E-state index is 11.4. The summed E-state index contributed by atoms with van der Waals surface area (Å²) in [5, 5.41) is 11.9. The Kier molecular flexibility index (Phi) is 6.05. The van der Waals surface area contributed by atoms with E-state index in [2.05, 4.69) is 12.2 Å². The molecule has 1 aromatic rings. The monoisotopic (exact) mass is 251 g/mol. The van der Waals surface area contributed by atoms with Crippen molar-refractivity contribution in [3.63, 3.8) is 0 Å². The van der Waals surface area contributed by atoms with Gasteiger partial charge in [0.25, 0.3) is 0 Å². The van der Waals surface area contributed by atoms with E-state index < -0.39 is 0 Å². The van der Waals surface area contributed by atoms with E-state index in [0.29, 0.717) is 13.0 Å². The summed E-state index contributed by atoms with van der Waals surface area (Å²) in [5.74, 6) is 0.248. The van der Waals surface area contributed by atoms with Crippen molar-refractivity contribution in [2.45, 2.75) is 39.2 Å². The topological polar surface area (TPSA) is 58.6 Å². The molecule has 0 fully saturated rings. The average molecular weight is 251 g/mol. The van der Waals surface area contributed by atoms with E-state index >= 15 is 0 Å². The Morgan fingerprint density at radius 1 is 1.39 bits per heavy atom. The van der Waals surface area contributed by atoms with Crippen LogP contribution in [0.2, 0.25) is 0 Å². The molecule has 0 aromatic heterocycles. The minimum Gasteiger partial charge on any atom is -0.508 e. The normalized spacial score (nSPS) is 11.9. The molecule has 1 rings (SSSR count). The Labute approximate surface area is 108 Å². The zero-order valence-corrected chi connectivity index (χ0v) is 11.0. The van der Waals surface area contributed by atoms with Crippen molar-refractivity contribution >= 4 is 6.09 Å². The Bertz CT molecular complexity index is 362. The van der Waals surface area contributed by atoms with Crippen LogP contribution in [0.5, 0.6) is 5.75 Å². The van der Waals surface area contributed by atoms with Crippen molar-refractivity contribution in [2.75, 3.05) is 6.61 Å². The third-order valence-electron chi connectivity index (χ3n) is 2.57. The zero-order valence-electron chi connectivity index (χ0n) is 11.0. The Balaban J connectivity index is 2.30. The summed E-state index contributed by atoms with van der Waals surface area (Å²) >= 11 is 0. The van der Waals surface area contributed by atoms with Crippen LogP contribution in [0, 0.1) is 0 Å². The van der Waals surface area contributed by atoms with E-state index in [0.717, 1.165) is 18.4 Å². The summed E-state index contributed by atoms with van der Waals surface area (Å²) in [7, 11) is 0. The van der Waals surface area contributed by atoms with E-state index in [1.54, 1.807) is 12.1 Å². The molecule has 4 heteroatoms. The molecule has 0 aliphatic carbocycles. The number of hydrogen-bond donors (Lipinski definition) is 2. The van der Waals surface area contributed by atoms with Gasteiger partial charge in [-0.25, -0.2) is 4.79 Å². The first-order valence-electron chi connectivity index (χ1n) is 6.33. The Morgan fingerprint density at radius 3 is 2.67 bits per heavy atom. The number of phenols is 1. The lowest BCUT2D eigenvalue weighted by Gasteiger charge is -2.14. The first kappa shape index (κ1) is 14.4. The third kappa shape index (κ3) is 5.57. The van der Waals surface area contributed by atoms with Gasteiger partial charge in [-0.15, -0.1) is 0 Å². The fraction of sp³-hybridized carbons (Fsp3) is 0.500. The molecular formula is C14H21NO3. The fourth-order valence-electron chi connectivity index (χ4n) is 1.59. The van der Waals surface area contributed by atoms with Gasteiger partial charge in [0, 0.05) is 6.04 Å². The second-order valence-electron chi connectivity index (χ2n) is 4.41. The largest absolute Gasteiger partial charge is 0.508 e. The van der Waals surface area contributed by atoms with E-state index in [1.165, 1.54) is 0 Å². The summed E-state index contributed by atoms with van der Waals surface area (Å²) < 4.78 is 5.02. The molecule has 0 radical (unpaired) electrons. The van der Waals surface area contributed by atoms with Crippen molar-refractivity contribution in [1.29, 1.82) is 0 Å². The Morgan fingerprint density at radius 2 is 2.06 bits per heavy atom. The van der Waals surface area contributed by atoms with Gasteiger partial charge in [0.15, 0.2) is 0 Å². The van der Waals surface area contributed by atoms with Crippen LogP contribution in [-0.2, 0) is 11.2 Å². The van der Waals surface area contributed by atoms with Crippen molar-refractivity contribution < 1.29 is 14.6 Å². The molecule has 0 saturated carbocycles. The van der Waals surface area contributed by atoms with E-state index in [1.807, 2.05) is 19.1 Å². The second kappa shape index (κ2) is 7.58. The summed E-state index contributed by atoms with van der Waals surface area (Å²) in [6.45, 7) is 4.44. The summed E-state index contributed by atoms with van der Waals surface area (Å²) in [6.07, 6.45) is 2.24. The number of ether oxygens (including phenoxy) is 1. The van der Waals surface area contributed by atoms with Crippen molar-refractivity contribution in [3.05, 3.63) is 29.8 Å². The number of aromatic hydroxyl groups is 1. The number of alkyl carbamates (subject to hydrolysis) is 1. The van der Waals surface area contributed by atoms with Gasteiger partial charge in [0.2, 0.25) is 0 Å². The van der Waals surface area contributed by atoms with Crippen LogP contribution in [0.1, 0.15) is 32.3 Å². The van der Waals surface area contributed by atoms with Crippen molar-refractivity contribution in [2.24, 2.45) is 0 Å². The molecule has 0 aliphatic heterocycles. The maximum absolute atomic E-state index is 11.4. The van der Waals surface area contributed by atoms with Crippen LogP contribution in [-0.4, -0.2) is 23.8 Å². The highest BCUT2D eigenvalue weighted by molar-refractivity contribution is 5.67. The van der Waals surface area contributed by atoms with Gasteiger partial charge in [-0.1, -0.05) is 25.5 Å². The molecule has 0 spiro atoms. The molecule has 2 N–H and O–H groups in total. The predicted octanol–water partition coefficient (Wildman–Crippen LogP) is 2.85. The van der Waals surface area contributed by atoms with Gasteiger partial charge in [-0.05, 0) is 37.5 Å². The van der Waals surface area contributed by atoms with Crippen LogP contribution in [0.3, 0.4) is 0 Å². The molecule has 4 nitrogen and oxygen atoms in total. The van der Waals surface area contributed by atoms with Gasteiger partial charge in [-0.3, -0.25) is 0 Å². The molecule has 0 heterocycles. The number of unbranched alkanes of at least 4 members (excludes halogenated alkanes) is 1. The van der Waals surface area contributed by atoms with Gasteiger partial charge >= 0.3 is 6.09 Å². The third-order valence-corrected chi connectivity index (χ3v) is 2.57. The predicted molar refractivity (Wildman–Crippen MR) is 70.7 cm³/mol. The Hall–Kier alpha value is -1.71. The lowest BCUT2D eigenvalue weighted by Crippen LogP contribution is -2.34. The lowest BCUT2D eigenvalue weighted by atomic mass is 10.1. The molecule has 1 aromatic carbocycles. The lowest BCUT2D eigenvalue weighted by molar-refractivity contribution is 0.141. The number of hydrogen-bond acceptors (Lipinski definition) is 3. The fourth-order valence-corrected chi connectivity index (χ4v) is 1.59. The quantitative estimate of drug-likeness (QED) is 0.764. The number of carbonyl (C=O) groups excluding carboxylic acids is 1. The van der Waals surface area contributed by atoms with Gasteiger partial charge < -0.3 is 15.2 Å². The van der Waals surface area contributed by atoms with Crippen molar-refractivity contribution in [3.8, 4) is 5.75 Å². The molecule has 1 unspecified atom stereocenters. The highest BCUT2D eigenvalue weighted by Gasteiger charge is 2.08.